The first-order valence-corrected chi connectivity index (χ1v) is 16.8. The third-order valence-electron chi connectivity index (χ3n) is 5.62. The SMILES string of the molecule is CCOC(=O)CNC(=O)C(CSSCC(NC(=O)OCc1ccccc1)C(=O)NCC(=O)OCC)NC(=O)OCc1ccccc1. The lowest BCUT2D eigenvalue weighted by Gasteiger charge is -2.20. The Morgan fingerprint density at radius 3 is 1.30 bits per heavy atom. The summed E-state index contributed by atoms with van der Waals surface area (Å²) in [5, 5.41) is 9.80. The quantitative estimate of drug-likeness (QED) is 0.0736. The Kier molecular flexibility index (Phi) is 18.2. The fourth-order valence-corrected chi connectivity index (χ4v) is 5.73. The number of hydrogen-bond donors (Lipinski definition) is 4. The zero-order valence-electron chi connectivity index (χ0n) is 25.5. The molecule has 0 spiro atoms. The van der Waals surface area contributed by atoms with Gasteiger partial charge in [-0.2, -0.15) is 0 Å². The van der Waals surface area contributed by atoms with Crippen molar-refractivity contribution in [3.05, 3.63) is 71.8 Å². The first-order chi connectivity index (χ1) is 22.2. The molecule has 2 atom stereocenters. The van der Waals surface area contributed by atoms with E-state index in [9.17, 15) is 28.8 Å². The maximum absolute atomic E-state index is 12.8. The second-order valence-electron chi connectivity index (χ2n) is 9.13. The number of nitrogens with one attached hydrogen (secondary N) is 4. The number of amides is 4. The second kappa shape index (κ2) is 22.1. The van der Waals surface area contributed by atoms with Crippen LogP contribution in [0.5, 0.6) is 0 Å². The molecule has 2 aromatic rings. The van der Waals surface area contributed by atoms with Crippen molar-refractivity contribution in [1.82, 2.24) is 21.3 Å². The summed E-state index contributed by atoms with van der Waals surface area (Å²) in [7, 11) is 2.22. The highest BCUT2D eigenvalue weighted by Crippen LogP contribution is 2.23. The third kappa shape index (κ3) is 16.0. The molecule has 0 aromatic heterocycles. The van der Waals surface area contributed by atoms with E-state index in [-0.39, 0.29) is 37.9 Å². The number of esters is 2. The summed E-state index contributed by atoms with van der Waals surface area (Å²) in [5.74, 6) is -2.63. The van der Waals surface area contributed by atoms with Crippen LogP contribution < -0.4 is 21.3 Å². The predicted octanol–water partition coefficient (Wildman–Crippen LogP) is 2.32. The van der Waals surface area contributed by atoms with Crippen LogP contribution >= 0.6 is 21.6 Å². The van der Waals surface area contributed by atoms with Crippen molar-refractivity contribution in [1.29, 1.82) is 0 Å². The van der Waals surface area contributed by atoms with E-state index in [0.717, 1.165) is 32.7 Å². The van der Waals surface area contributed by atoms with Gasteiger partial charge in [0.05, 0.1) is 13.2 Å². The lowest BCUT2D eigenvalue weighted by molar-refractivity contribution is -0.144. The predicted molar refractivity (Wildman–Crippen MR) is 171 cm³/mol. The van der Waals surface area contributed by atoms with Crippen LogP contribution in [0.3, 0.4) is 0 Å². The topological polar surface area (TPSA) is 187 Å². The fourth-order valence-electron chi connectivity index (χ4n) is 3.40. The van der Waals surface area contributed by atoms with Crippen LogP contribution in [0.1, 0.15) is 25.0 Å². The van der Waals surface area contributed by atoms with Crippen LogP contribution in [0, 0.1) is 0 Å². The highest BCUT2D eigenvalue weighted by atomic mass is 33.1. The standard InChI is InChI=1S/C30H38N4O10S2/c1-3-41-25(35)15-31-27(37)23(33-29(39)43-17-21-11-7-5-8-12-21)19-45-46-20-24(28(38)32-16-26(36)42-4-2)34-30(40)44-18-22-13-9-6-10-14-22/h5-14,23-24H,3-4,15-20H2,1-2H3,(H,31,37)(H,32,38)(H,33,39)(H,34,40). The molecule has 0 radical (unpaired) electrons. The number of carbonyl (C=O) groups is 6. The molecule has 0 saturated heterocycles. The van der Waals surface area contributed by atoms with Crippen LogP contribution in [0.15, 0.2) is 60.7 Å². The molecule has 0 aliphatic carbocycles. The Hall–Kier alpha value is -4.44. The van der Waals surface area contributed by atoms with Gasteiger partial charge in [-0.3, -0.25) is 19.2 Å². The smallest absolute Gasteiger partial charge is 0.408 e. The van der Waals surface area contributed by atoms with Gasteiger partial charge in [-0.25, -0.2) is 9.59 Å². The Morgan fingerprint density at radius 2 is 0.957 bits per heavy atom. The third-order valence-corrected chi connectivity index (χ3v) is 8.04. The second-order valence-corrected chi connectivity index (χ2v) is 11.7. The van der Waals surface area contributed by atoms with Crippen molar-refractivity contribution in [2.24, 2.45) is 0 Å². The molecule has 4 N–H and O–H groups in total. The molecule has 4 amide bonds. The molecule has 46 heavy (non-hydrogen) atoms. The normalized spacial score (nSPS) is 11.6. The summed E-state index contributed by atoms with van der Waals surface area (Å²) >= 11 is 0. The first kappa shape index (κ1) is 37.7. The molecule has 0 saturated carbocycles. The highest BCUT2D eigenvalue weighted by Gasteiger charge is 2.25. The van der Waals surface area contributed by atoms with Crippen LogP contribution in [0.4, 0.5) is 9.59 Å². The Bertz CT molecular complexity index is 1170. The average Bonchev–Trinajstić information content (AvgIpc) is 3.06. The molecule has 0 bridgehead atoms. The number of rotatable bonds is 19. The Balaban J connectivity index is 1.98. The summed E-state index contributed by atoms with van der Waals surface area (Å²) in [6.45, 7) is 2.67. The highest BCUT2D eigenvalue weighted by molar-refractivity contribution is 8.76. The van der Waals surface area contributed by atoms with E-state index in [0.29, 0.717) is 0 Å². The van der Waals surface area contributed by atoms with Gasteiger partial charge in [-0.05, 0) is 25.0 Å². The summed E-state index contributed by atoms with van der Waals surface area (Å²) < 4.78 is 20.1. The van der Waals surface area contributed by atoms with E-state index in [2.05, 4.69) is 21.3 Å². The van der Waals surface area contributed by atoms with Crippen molar-refractivity contribution in [3.8, 4) is 0 Å². The van der Waals surface area contributed by atoms with Crippen molar-refractivity contribution in [2.45, 2.75) is 39.1 Å². The molecule has 16 heteroatoms. The van der Waals surface area contributed by atoms with Crippen LogP contribution in [0.2, 0.25) is 0 Å². The van der Waals surface area contributed by atoms with Crippen molar-refractivity contribution in [3.63, 3.8) is 0 Å². The largest absolute Gasteiger partial charge is 0.465 e. The summed E-state index contributed by atoms with van der Waals surface area (Å²) in [6, 6.07) is 15.6. The Labute approximate surface area is 274 Å². The van der Waals surface area contributed by atoms with Crippen LogP contribution in [-0.4, -0.2) is 85.8 Å². The van der Waals surface area contributed by atoms with E-state index >= 15 is 0 Å². The zero-order valence-corrected chi connectivity index (χ0v) is 27.1. The van der Waals surface area contributed by atoms with Gasteiger partial charge in [-0.1, -0.05) is 82.3 Å². The van der Waals surface area contributed by atoms with E-state index in [4.69, 9.17) is 18.9 Å². The number of ether oxygens (including phenoxy) is 4. The minimum atomic E-state index is -1.13. The van der Waals surface area contributed by atoms with Gasteiger partial charge in [0.25, 0.3) is 0 Å². The molecule has 2 rings (SSSR count). The van der Waals surface area contributed by atoms with Gasteiger partial charge < -0.3 is 40.2 Å². The van der Waals surface area contributed by atoms with Gasteiger partial charge in [0.15, 0.2) is 0 Å². The fraction of sp³-hybridized carbons (Fsp3) is 0.400. The van der Waals surface area contributed by atoms with Crippen molar-refractivity contribution in [2.75, 3.05) is 37.8 Å². The minimum absolute atomic E-state index is 0.00458. The maximum atomic E-state index is 12.8. The molecule has 14 nitrogen and oxygen atoms in total. The number of carbonyl (C=O) groups excluding carboxylic acids is 6. The van der Waals surface area contributed by atoms with Crippen LogP contribution in [-0.2, 0) is 51.3 Å². The molecular formula is C30H38N4O10S2. The summed E-state index contributed by atoms with van der Waals surface area (Å²) in [6.07, 6.45) is -1.71. The molecule has 2 aromatic carbocycles. The summed E-state index contributed by atoms with van der Waals surface area (Å²) in [5.41, 5.74) is 1.49. The van der Waals surface area contributed by atoms with Gasteiger partial charge >= 0.3 is 24.1 Å². The minimum Gasteiger partial charge on any atom is -0.465 e. The molecule has 0 aliphatic rings. The van der Waals surface area contributed by atoms with E-state index < -0.39 is 61.1 Å². The molecule has 0 fully saturated rings. The molecule has 0 aliphatic heterocycles. The summed E-state index contributed by atoms with van der Waals surface area (Å²) in [4.78, 5) is 74.1. The lowest BCUT2D eigenvalue weighted by atomic mass is 10.2. The van der Waals surface area contributed by atoms with Crippen molar-refractivity contribution < 1.29 is 47.7 Å². The number of alkyl carbamates (subject to hydrolysis) is 2. The maximum Gasteiger partial charge on any atom is 0.408 e. The van der Waals surface area contributed by atoms with Gasteiger partial charge in [0, 0.05) is 11.5 Å². The first-order valence-electron chi connectivity index (χ1n) is 14.3. The van der Waals surface area contributed by atoms with Gasteiger partial charge in [0.1, 0.15) is 38.4 Å². The monoisotopic (exact) mass is 678 g/mol. The zero-order chi connectivity index (χ0) is 33.6. The average molecular weight is 679 g/mol. The molecule has 2 unspecified atom stereocenters. The van der Waals surface area contributed by atoms with Gasteiger partial charge in [-0.15, -0.1) is 0 Å². The molecular weight excluding hydrogens is 640 g/mol. The molecule has 0 heterocycles. The number of hydrogen-bond acceptors (Lipinski definition) is 12. The van der Waals surface area contributed by atoms with Crippen LogP contribution in [0.25, 0.3) is 0 Å². The van der Waals surface area contributed by atoms with E-state index in [1.54, 1.807) is 62.4 Å². The lowest BCUT2D eigenvalue weighted by Crippen LogP contribution is -2.50. The molecule has 250 valence electrons. The van der Waals surface area contributed by atoms with Crippen molar-refractivity contribution >= 4 is 57.5 Å². The van der Waals surface area contributed by atoms with Gasteiger partial charge in [0.2, 0.25) is 11.8 Å². The number of benzene rings is 2. The van der Waals surface area contributed by atoms with E-state index in [1.165, 1.54) is 0 Å². The Morgan fingerprint density at radius 1 is 0.587 bits per heavy atom. The van der Waals surface area contributed by atoms with E-state index in [1.807, 2.05) is 12.1 Å².